The number of hydrogen-bond acceptors (Lipinski definition) is 5. The monoisotopic (exact) mass is 467 g/mol. The van der Waals surface area contributed by atoms with Gasteiger partial charge in [-0.3, -0.25) is 14.5 Å². The van der Waals surface area contributed by atoms with Crippen LogP contribution in [0.3, 0.4) is 0 Å². The quantitative estimate of drug-likeness (QED) is 0.430. The third-order valence-electron chi connectivity index (χ3n) is 7.00. The van der Waals surface area contributed by atoms with Crippen molar-refractivity contribution in [1.29, 1.82) is 0 Å². The highest BCUT2D eigenvalue weighted by Crippen LogP contribution is 2.37. The molecule has 0 saturated carbocycles. The second-order valence-electron chi connectivity index (χ2n) is 8.88. The van der Waals surface area contributed by atoms with Crippen molar-refractivity contribution in [1.82, 2.24) is 15.2 Å². The van der Waals surface area contributed by atoms with Crippen LogP contribution < -0.4 is 14.8 Å². The molecule has 35 heavy (non-hydrogen) atoms. The van der Waals surface area contributed by atoms with Crippen molar-refractivity contribution in [3.63, 3.8) is 0 Å². The fraction of sp³-hybridized carbons (Fsp3) is 0.214. The molecular weight excluding hydrogens is 442 g/mol. The summed E-state index contributed by atoms with van der Waals surface area (Å²) in [5, 5.41) is 4.79. The van der Waals surface area contributed by atoms with Gasteiger partial charge >= 0.3 is 0 Å². The molecule has 176 valence electrons. The first-order chi connectivity index (χ1) is 17.1. The number of aromatic nitrogens is 1. The van der Waals surface area contributed by atoms with E-state index in [0.29, 0.717) is 16.9 Å². The number of imide groups is 1. The van der Waals surface area contributed by atoms with E-state index in [1.807, 2.05) is 30.3 Å². The number of benzene rings is 3. The van der Waals surface area contributed by atoms with Crippen LogP contribution in [0, 0.1) is 0 Å². The van der Waals surface area contributed by atoms with E-state index >= 15 is 0 Å². The maximum Gasteiger partial charge on any atom is 0.261 e. The van der Waals surface area contributed by atoms with Crippen molar-refractivity contribution in [2.24, 2.45) is 0 Å². The molecule has 0 fully saturated rings. The largest absolute Gasteiger partial charge is 0.497 e. The predicted octanol–water partition coefficient (Wildman–Crippen LogP) is 4.22. The van der Waals surface area contributed by atoms with E-state index in [1.165, 1.54) is 15.8 Å². The third-order valence-corrected chi connectivity index (χ3v) is 7.00. The molecule has 0 spiro atoms. The van der Waals surface area contributed by atoms with Gasteiger partial charge in [0.15, 0.2) is 0 Å². The first-order valence-electron chi connectivity index (χ1n) is 11.6. The number of fused-ring (bicyclic) bond motifs is 4. The minimum Gasteiger partial charge on any atom is -0.497 e. The highest BCUT2D eigenvalue weighted by molar-refractivity contribution is 6.21. The predicted molar refractivity (Wildman–Crippen MR) is 132 cm³/mol. The summed E-state index contributed by atoms with van der Waals surface area (Å²) in [5.74, 6) is 0.922. The summed E-state index contributed by atoms with van der Waals surface area (Å²) in [6, 6.07) is 18.9. The smallest absolute Gasteiger partial charge is 0.261 e. The Balaban J connectivity index is 1.37. The Morgan fingerprint density at radius 3 is 2.43 bits per heavy atom. The first-order valence-corrected chi connectivity index (χ1v) is 11.6. The van der Waals surface area contributed by atoms with Crippen LogP contribution in [-0.4, -0.2) is 42.5 Å². The van der Waals surface area contributed by atoms with Crippen molar-refractivity contribution < 1.29 is 19.1 Å². The summed E-state index contributed by atoms with van der Waals surface area (Å²) >= 11 is 0. The second-order valence-corrected chi connectivity index (χ2v) is 8.88. The van der Waals surface area contributed by atoms with Crippen LogP contribution in [0.1, 0.15) is 49.1 Å². The average Bonchev–Trinajstić information content (AvgIpc) is 3.39. The molecule has 0 saturated heterocycles. The number of carbonyl (C=O) groups is 2. The number of carbonyl (C=O) groups excluding carboxylic acids is 2. The Bertz CT molecular complexity index is 1450. The summed E-state index contributed by atoms with van der Waals surface area (Å²) in [7, 11) is 3.28. The molecule has 2 aliphatic heterocycles. The SMILES string of the molecule is COc1ccc2[nH]c3c(c2c1)CCN[C@H]3c1ccc(OC)c(CN2C(=O)c3ccccc3C2=O)c1. The van der Waals surface area contributed by atoms with E-state index in [0.717, 1.165) is 41.1 Å². The molecule has 6 rings (SSSR count). The zero-order valence-electron chi connectivity index (χ0n) is 19.6. The number of aromatic amines is 1. The second kappa shape index (κ2) is 8.29. The number of nitrogens with zero attached hydrogens (tertiary/aromatic N) is 1. The van der Waals surface area contributed by atoms with Crippen LogP contribution >= 0.6 is 0 Å². The summed E-state index contributed by atoms with van der Waals surface area (Å²) in [6.07, 6.45) is 0.914. The molecule has 1 atom stereocenters. The minimum atomic E-state index is -0.277. The minimum absolute atomic E-state index is 0.0519. The molecule has 3 aromatic carbocycles. The summed E-state index contributed by atoms with van der Waals surface area (Å²) in [6.45, 7) is 0.981. The number of H-pyrrole nitrogens is 1. The molecule has 0 unspecified atom stereocenters. The van der Waals surface area contributed by atoms with Crippen LogP contribution in [0.4, 0.5) is 0 Å². The van der Waals surface area contributed by atoms with Gasteiger partial charge in [0, 0.05) is 28.7 Å². The lowest BCUT2D eigenvalue weighted by atomic mass is 9.93. The topological polar surface area (TPSA) is 83.7 Å². The van der Waals surface area contributed by atoms with Gasteiger partial charge in [-0.2, -0.15) is 0 Å². The van der Waals surface area contributed by atoms with Gasteiger partial charge in [0.05, 0.1) is 37.9 Å². The van der Waals surface area contributed by atoms with Gasteiger partial charge in [-0.15, -0.1) is 0 Å². The lowest BCUT2D eigenvalue weighted by Gasteiger charge is -2.26. The Labute approximate surface area is 202 Å². The van der Waals surface area contributed by atoms with Gasteiger partial charge < -0.3 is 19.8 Å². The molecule has 0 aliphatic carbocycles. The van der Waals surface area contributed by atoms with Crippen molar-refractivity contribution >= 4 is 22.7 Å². The van der Waals surface area contributed by atoms with Gasteiger partial charge in [0.25, 0.3) is 11.8 Å². The number of methoxy groups -OCH3 is 2. The van der Waals surface area contributed by atoms with Crippen LogP contribution in [0.5, 0.6) is 11.5 Å². The fourth-order valence-corrected chi connectivity index (χ4v) is 5.27. The van der Waals surface area contributed by atoms with Crippen LogP contribution in [0.2, 0.25) is 0 Å². The fourth-order valence-electron chi connectivity index (χ4n) is 5.27. The summed E-state index contributed by atoms with van der Waals surface area (Å²) in [4.78, 5) is 30.8. The summed E-state index contributed by atoms with van der Waals surface area (Å²) < 4.78 is 11.0. The zero-order chi connectivity index (χ0) is 24.1. The summed E-state index contributed by atoms with van der Waals surface area (Å²) in [5.41, 5.74) is 6.18. The molecule has 0 radical (unpaired) electrons. The Kier molecular flexibility index (Phi) is 5.07. The zero-order valence-corrected chi connectivity index (χ0v) is 19.6. The highest BCUT2D eigenvalue weighted by atomic mass is 16.5. The number of nitrogens with one attached hydrogen (secondary N) is 2. The van der Waals surface area contributed by atoms with Crippen LogP contribution in [-0.2, 0) is 13.0 Å². The third kappa shape index (κ3) is 3.39. The molecule has 2 amide bonds. The number of ether oxygens (including phenoxy) is 2. The van der Waals surface area contributed by atoms with E-state index < -0.39 is 0 Å². The van der Waals surface area contributed by atoms with Gasteiger partial charge in [0.2, 0.25) is 0 Å². The van der Waals surface area contributed by atoms with Crippen LogP contribution in [0.15, 0.2) is 60.7 Å². The van der Waals surface area contributed by atoms with Gasteiger partial charge in [-0.05, 0) is 60.0 Å². The maximum atomic E-state index is 12.9. The standard InChI is InChI=1S/C28H25N3O4/c1-34-18-8-9-23-22(14-18)19-11-12-29-25(26(19)30-23)16-7-10-24(35-2)17(13-16)15-31-27(32)20-5-3-4-6-21(20)28(31)33/h3-10,13-14,25,29-30H,11-12,15H2,1-2H3/t25-/m0/s1. The molecule has 2 aliphatic rings. The van der Waals surface area contributed by atoms with Crippen molar-refractivity contribution in [2.45, 2.75) is 19.0 Å². The van der Waals surface area contributed by atoms with E-state index in [1.54, 1.807) is 38.5 Å². The molecule has 3 heterocycles. The lowest BCUT2D eigenvalue weighted by molar-refractivity contribution is 0.0641. The first kappa shape index (κ1) is 21.4. The number of rotatable bonds is 5. The van der Waals surface area contributed by atoms with Gasteiger partial charge in [-0.1, -0.05) is 18.2 Å². The number of hydrogen-bond donors (Lipinski definition) is 2. The Hall–Kier alpha value is -4.10. The van der Waals surface area contributed by atoms with E-state index in [2.05, 4.69) is 16.4 Å². The molecule has 2 N–H and O–H groups in total. The Morgan fingerprint density at radius 2 is 1.71 bits per heavy atom. The molecular formula is C28H25N3O4. The van der Waals surface area contributed by atoms with Crippen molar-refractivity contribution in [2.75, 3.05) is 20.8 Å². The molecule has 7 heteroatoms. The average molecular weight is 468 g/mol. The molecule has 1 aromatic heterocycles. The normalized spacial score (nSPS) is 17.0. The maximum absolute atomic E-state index is 12.9. The van der Waals surface area contributed by atoms with E-state index in [9.17, 15) is 9.59 Å². The number of amides is 2. The van der Waals surface area contributed by atoms with E-state index in [4.69, 9.17) is 9.47 Å². The van der Waals surface area contributed by atoms with Gasteiger partial charge in [-0.25, -0.2) is 0 Å². The van der Waals surface area contributed by atoms with E-state index in [-0.39, 0.29) is 24.4 Å². The van der Waals surface area contributed by atoms with Crippen molar-refractivity contribution in [3.8, 4) is 11.5 Å². The van der Waals surface area contributed by atoms with Gasteiger partial charge in [0.1, 0.15) is 11.5 Å². The molecule has 7 nitrogen and oxygen atoms in total. The lowest BCUT2D eigenvalue weighted by Crippen LogP contribution is -2.31. The van der Waals surface area contributed by atoms with Crippen LogP contribution in [0.25, 0.3) is 10.9 Å². The molecule has 0 bridgehead atoms. The molecule has 4 aromatic rings. The van der Waals surface area contributed by atoms with Crippen molar-refractivity contribution in [3.05, 3.63) is 94.2 Å². The highest BCUT2D eigenvalue weighted by Gasteiger charge is 2.36. The Morgan fingerprint density at radius 1 is 0.943 bits per heavy atom.